The molecule has 0 aliphatic rings. The molecule has 1 amide bonds. The summed E-state index contributed by atoms with van der Waals surface area (Å²) in [5, 5.41) is 2.47. The molecule has 0 bridgehead atoms. The van der Waals surface area contributed by atoms with Crippen molar-refractivity contribution in [1.82, 2.24) is 5.32 Å². The molecule has 2 nitrogen and oxygen atoms in total. The van der Waals surface area contributed by atoms with Crippen LogP contribution in [0.5, 0.6) is 0 Å². The lowest BCUT2D eigenvalue weighted by atomic mass is 9.91. The summed E-state index contributed by atoms with van der Waals surface area (Å²) in [6.07, 6.45) is -3.56. The fourth-order valence-corrected chi connectivity index (χ4v) is 4.69. The van der Waals surface area contributed by atoms with Crippen molar-refractivity contribution < 1.29 is 31.1 Å². The topological polar surface area (TPSA) is 29.1 Å². The first-order valence-corrected chi connectivity index (χ1v) is 12.7. The first-order valence-electron chi connectivity index (χ1n) is 10.5. The fourth-order valence-electron chi connectivity index (χ4n) is 3.29. The molecule has 2 aromatic rings. The minimum atomic E-state index is -4.30. The van der Waals surface area contributed by atoms with Crippen LogP contribution in [0, 0.1) is 6.92 Å². The molecule has 0 aliphatic carbocycles. The molecule has 0 heterocycles. The Labute approximate surface area is 224 Å². The summed E-state index contributed by atoms with van der Waals surface area (Å²) in [6, 6.07) is 5.72. The summed E-state index contributed by atoms with van der Waals surface area (Å²) >= 11 is 18.4. The molecule has 0 fully saturated rings. The summed E-state index contributed by atoms with van der Waals surface area (Å²) in [7, 11) is 0. The third-order valence-corrected chi connectivity index (χ3v) is 7.45. The first kappa shape index (κ1) is 30.7. The van der Waals surface area contributed by atoms with Gasteiger partial charge in [-0.1, -0.05) is 40.9 Å². The summed E-state index contributed by atoms with van der Waals surface area (Å²) in [4.78, 5) is 12.5. The van der Waals surface area contributed by atoms with E-state index in [1.165, 1.54) is 37.3 Å². The van der Waals surface area contributed by atoms with Crippen molar-refractivity contribution in [2.45, 2.75) is 44.8 Å². The zero-order valence-corrected chi connectivity index (χ0v) is 22.3. The number of nitrogens with one attached hydrogen (secondary N) is 1. The number of carbonyl (C=O) groups is 1. The van der Waals surface area contributed by atoms with E-state index in [0.717, 1.165) is 6.08 Å². The Bertz CT molecular complexity index is 1110. The van der Waals surface area contributed by atoms with E-state index in [1.807, 2.05) is 0 Å². The molecule has 0 spiro atoms. The zero-order valence-electron chi connectivity index (χ0n) is 19.3. The van der Waals surface area contributed by atoms with E-state index in [2.05, 4.69) is 5.32 Å². The largest absolute Gasteiger partial charge is 0.397 e. The molecule has 36 heavy (non-hydrogen) atoms. The van der Waals surface area contributed by atoms with Gasteiger partial charge in [0.25, 0.3) is 11.8 Å². The van der Waals surface area contributed by atoms with Crippen LogP contribution in [0.3, 0.4) is 0 Å². The monoisotopic (exact) mass is 591 g/mol. The van der Waals surface area contributed by atoms with Crippen LogP contribution in [-0.4, -0.2) is 35.6 Å². The highest BCUT2D eigenvalue weighted by molar-refractivity contribution is 7.99. The number of hydrogen-bond acceptors (Lipinski definition) is 2. The Hall–Kier alpha value is -1.55. The first-order chi connectivity index (χ1) is 16.5. The summed E-state index contributed by atoms with van der Waals surface area (Å²) in [5.74, 6) is -7.60. The van der Waals surface area contributed by atoms with Gasteiger partial charge in [0.2, 0.25) is 0 Å². The lowest BCUT2D eigenvalue weighted by Crippen LogP contribution is -2.35. The van der Waals surface area contributed by atoms with Crippen LogP contribution in [0.1, 0.15) is 46.8 Å². The van der Waals surface area contributed by atoms with Crippen LogP contribution in [0.4, 0.5) is 26.3 Å². The third-order valence-electron chi connectivity index (χ3n) is 4.98. The molecule has 2 aromatic carbocycles. The smallest absolute Gasteiger partial charge is 0.349 e. The SMILES string of the molecule is Cc1cc(/C(F)=C/C(c2cc(Cl)c(Cl)c(Cl)c2)C(C)(F)F)ccc1C(=O)NC(C)CSCC(F)(F)F. The van der Waals surface area contributed by atoms with Gasteiger partial charge in [0, 0.05) is 29.8 Å². The van der Waals surface area contributed by atoms with Crippen LogP contribution >= 0.6 is 46.6 Å². The molecular formula is C24H22Cl3F6NOS. The van der Waals surface area contributed by atoms with Crippen LogP contribution < -0.4 is 5.32 Å². The molecule has 198 valence electrons. The summed E-state index contributed by atoms with van der Waals surface area (Å²) in [6.45, 7) is 3.72. The molecule has 2 unspecified atom stereocenters. The molecule has 12 heteroatoms. The van der Waals surface area contributed by atoms with Gasteiger partial charge >= 0.3 is 6.18 Å². The van der Waals surface area contributed by atoms with Gasteiger partial charge in [-0.2, -0.15) is 24.9 Å². The number of aryl methyl sites for hydroxylation is 1. The maximum absolute atomic E-state index is 15.1. The van der Waals surface area contributed by atoms with Gasteiger partial charge in [-0.3, -0.25) is 4.79 Å². The fraction of sp³-hybridized carbons (Fsp3) is 0.375. The van der Waals surface area contributed by atoms with Crippen molar-refractivity contribution in [2.24, 2.45) is 0 Å². The van der Waals surface area contributed by atoms with Crippen LogP contribution in [0.25, 0.3) is 5.83 Å². The number of alkyl halides is 5. The van der Waals surface area contributed by atoms with Gasteiger partial charge < -0.3 is 5.32 Å². The highest BCUT2D eigenvalue weighted by Crippen LogP contribution is 2.41. The minimum absolute atomic E-state index is 0.0116. The Balaban J connectivity index is 2.24. The number of carbonyl (C=O) groups excluding carboxylic acids is 1. The molecule has 0 radical (unpaired) electrons. The average Bonchev–Trinajstić information content (AvgIpc) is 2.73. The number of thioether (sulfide) groups is 1. The number of amides is 1. The lowest BCUT2D eigenvalue weighted by Gasteiger charge is -2.22. The van der Waals surface area contributed by atoms with E-state index in [9.17, 15) is 26.7 Å². The van der Waals surface area contributed by atoms with Crippen LogP contribution in [0.2, 0.25) is 15.1 Å². The predicted octanol–water partition coefficient (Wildman–Crippen LogP) is 9.12. The predicted molar refractivity (Wildman–Crippen MR) is 135 cm³/mol. The normalized spacial score (nSPS) is 14.5. The van der Waals surface area contributed by atoms with E-state index in [-0.39, 0.29) is 37.5 Å². The van der Waals surface area contributed by atoms with Crippen molar-refractivity contribution in [2.75, 3.05) is 11.5 Å². The number of allylic oxidation sites excluding steroid dienone is 1. The van der Waals surface area contributed by atoms with E-state index >= 15 is 4.39 Å². The molecular weight excluding hydrogens is 571 g/mol. The Morgan fingerprint density at radius 2 is 1.67 bits per heavy atom. The second-order valence-electron chi connectivity index (χ2n) is 8.28. The lowest BCUT2D eigenvalue weighted by molar-refractivity contribution is -0.105. The van der Waals surface area contributed by atoms with Crippen molar-refractivity contribution in [3.63, 3.8) is 0 Å². The highest BCUT2D eigenvalue weighted by atomic mass is 35.5. The molecule has 0 saturated carbocycles. The van der Waals surface area contributed by atoms with Crippen LogP contribution in [-0.2, 0) is 0 Å². The Kier molecular flexibility index (Phi) is 10.5. The van der Waals surface area contributed by atoms with Gasteiger partial charge in [0.1, 0.15) is 5.83 Å². The standard InChI is InChI=1S/C24H22Cl3F6NOS/c1-12-6-14(4-5-16(12)22(35)34-13(2)10-36-11-24(31,32)33)20(28)9-17(23(3,29)30)15-7-18(25)21(27)19(26)8-15/h4-9,13,17H,10-11H2,1-3H3,(H,34,35)/b20-9-. The van der Waals surface area contributed by atoms with Gasteiger partial charge in [-0.25, -0.2) is 13.2 Å². The molecule has 0 saturated heterocycles. The van der Waals surface area contributed by atoms with Gasteiger partial charge in [-0.15, -0.1) is 0 Å². The molecule has 0 aromatic heterocycles. The zero-order chi connectivity index (χ0) is 27.4. The second-order valence-corrected chi connectivity index (χ2v) is 10.5. The third kappa shape index (κ3) is 8.78. The number of rotatable bonds is 9. The van der Waals surface area contributed by atoms with Crippen LogP contribution in [0.15, 0.2) is 36.4 Å². The van der Waals surface area contributed by atoms with Crippen molar-refractivity contribution in [3.05, 3.63) is 73.7 Å². The minimum Gasteiger partial charge on any atom is -0.349 e. The number of halogens is 9. The average molecular weight is 593 g/mol. The summed E-state index contributed by atoms with van der Waals surface area (Å²) < 4.78 is 80.7. The second kappa shape index (κ2) is 12.3. The number of hydrogen-bond donors (Lipinski definition) is 1. The molecule has 1 N–H and O–H groups in total. The van der Waals surface area contributed by atoms with Gasteiger partial charge in [0.05, 0.1) is 26.7 Å². The van der Waals surface area contributed by atoms with E-state index in [1.54, 1.807) is 6.92 Å². The Morgan fingerprint density at radius 1 is 1.08 bits per heavy atom. The maximum atomic E-state index is 15.1. The highest BCUT2D eigenvalue weighted by Gasteiger charge is 2.35. The summed E-state index contributed by atoms with van der Waals surface area (Å²) in [5.41, 5.74) is 0.439. The van der Waals surface area contributed by atoms with Gasteiger partial charge in [0.15, 0.2) is 0 Å². The van der Waals surface area contributed by atoms with E-state index in [4.69, 9.17) is 34.8 Å². The van der Waals surface area contributed by atoms with Crippen molar-refractivity contribution >= 4 is 58.3 Å². The van der Waals surface area contributed by atoms with Crippen molar-refractivity contribution in [3.8, 4) is 0 Å². The van der Waals surface area contributed by atoms with Gasteiger partial charge in [-0.05, 0) is 55.3 Å². The van der Waals surface area contributed by atoms with E-state index in [0.29, 0.717) is 24.2 Å². The quantitative estimate of drug-likeness (QED) is 0.232. The maximum Gasteiger partial charge on any atom is 0.397 e. The molecule has 2 rings (SSSR count). The Morgan fingerprint density at radius 3 is 2.17 bits per heavy atom. The number of benzene rings is 2. The molecule has 0 aliphatic heterocycles. The van der Waals surface area contributed by atoms with Crippen molar-refractivity contribution in [1.29, 1.82) is 0 Å². The van der Waals surface area contributed by atoms with E-state index < -0.39 is 41.5 Å². The molecule has 2 atom stereocenters.